The van der Waals surface area contributed by atoms with Crippen molar-refractivity contribution in [1.82, 2.24) is 9.38 Å². The van der Waals surface area contributed by atoms with E-state index in [2.05, 4.69) is 4.98 Å². The second-order valence-electron chi connectivity index (χ2n) is 5.20. The van der Waals surface area contributed by atoms with Gasteiger partial charge in [-0.1, -0.05) is 0 Å². The Morgan fingerprint density at radius 3 is 2.75 bits per heavy atom. The van der Waals surface area contributed by atoms with Crippen LogP contribution in [-0.2, 0) is 11.3 Å². The highest BCUT2D eigenvalue weighted by Gasteiger charge is 2.20. The van der Waals surface area contributed by atoms with E-state index in [-0.39, 0.29) is 6.61 Å². The van der Waals surface area contributed by atoms with Crippen molar-refractivity contribution in [3.63, 3.8) is 0 Å². The molecule has 0 saturated heterocycles. The zero-order valence-electron chi connectivity index (χ0n) is 13.5. The Hall–Kier alpha value is -2.86. The van der Waals surface area contributed by atoms with Crippen LogP contribution in [0.25, 0.3) is 16.8 Å². The zero-order valence-corrected chi connectivity index (χ0v) is 13.5. The van der Waals surface area contributed by atoms with E-state index >= 15 is 0 Å². The third kappa shape index (κ3) is 2.83. The molecule has 0 aromatic carbocycles. The lowest BCUT2D eigenvalue weighted by molar-refractivity contribution is 0.0527. The Morgan fingerprint density at radius 1 is 1.29 bits per heavy atom. The first-order chi connectivity index (χ1) is 11.7. The summed E-state index contributed by atoms with van der Waals surface area (Å²) in [7, 11) is 1.55. The van der Waals surface area contributed by atoms with E-state index < -0.39 is 5.97 Å². The highest BCUT2D eigenvalue weighted by Crippen LogP contribution is 2.29. The van der Waals surface area contributed by atoms with Crippen molar-refractivity contribution in [2.24, 2.45) is 0 Å². The minimum atomic E-state index is -0.391. The summed E-state index contributed by atoms with van der Waals surface area (Å²) in [5.74, 6) is 0.109. The van der Waals surface area contributed by atoms with Gasteiger partial charge < -0.3 is 19.0 Å². The van der Waals surface area contributed by atoms with Crippen molar-refractivity contribution in [3.05, 3.63) is 53.9 Å². The molecular formula is C18H18N2O4. The number of ether oxygens (including phenoxy) is 2. The molecule has 0 fully saturated rings. The molecule has 3 aromatic heterocycles. The SMILES string of the molecule is CCOC(=O)c1cc2cc(CO)ccn2c1-c1ccc(OC)nc1. The standard InChI is InChI=1S/C18H18N2O4/c1-3-24-18(22)15-9-14-8-12(11-21)6-7-20(14)17(15)13-4-5-16(23-2)19-10-13/h4-10,21H,3,11H2,1-2H3. The van der Waals surface area contributed by atoms with E-state index in [1.165, 1.54) is 0 Å². The number of methoxy groups -OCH3 is 1. The quantitative estimate of drug-likeness (QED) is 0.730. The van der Waals surface area contributed by atoms with Gasteiger partial charge in [-0.25, -0.2) is 9.78 Å². The van der Waals surface area contributed by atoms with Gasteiger partial charge in [-0.3, -0.25) is 0 Å². The molecule has 3 rings (SSSR count). The number of aliphatic hydroxyl groups is 1. The molecule has 0 amide bonds. The molecule has 3 aromatic rings. The lowest BCUT2D eigenvalue weighted by Gasteiger charge is -2.08. The molecule has 0 unspecified atom stereocenters. The molecule has 1 N–H and O–H groups in total. The van der Waals surface area contributed by atoms with Crippen LogP contribution in [0.1, 0.15) is 22.8 Å². The molecule has 0 aliphatic carbocycles. The number of rotatable bonds is 5. The molecule has 24 heavy (non-hydrogen) atoms. The molecule has 6 heteroatoms. The van der Waals surface area contributed by atoms with E-state index in [1.807, 2.05) is 28.8 Å². The van der Waals surface area contributed by atoms with Gasteiger partial charge in [0.15, 0.2) is 0 Å². The highest BCUT2D eigenvalue weighted by atomic mass is 16.5. The topological polar surface area (TPSA) is 73.1 Å². The summed E-state index contributed by atoms with van der Waals surface area (Å²) in [6.07, 6.45) is 3.48. The number of aromatic nitrogens is 2. The Bertz CT molecular complexity index is 869. The van der Waals surface area contributed by atoms with Gasteiger partial charge in [-0.15, -0.1) is 0 Å². The predicted octanol–water partition coefficient (Wildman–Crippen LogP) is 2.68. The number of aliphatic hydroxyl groups excluding tert-OH is 1. The molecule has 124 valence electrons. The lowest BCUT2D eigenvalue weighted by Crippen LogP contribution is -2.05. The average molecular weight is 326 g/mol. The van der Waals surface area contributed by atoms with Crippen LogP contribution < -0.4 is 4.74 Å². The number of nitrogens with zero attached hydrogens (tertiary/aromatic N) is 2. The number of pyridine rings is 2. The molecule has 0 aliphatic heterocycles. The van der Waals surface area contributed by atoms with Crippen LogP contribution in [0.4, 0.5) is 0 Å². The van der Waals surface area contributed by atoms with Crippen LogP contribution in [0.5, 0.6) is 5.88 Å². The van der Waals surface area contributed by atoms with Crippen LogP contribution in [-0.4, -0.2) is 34.2 Å². The maximum Gasteiger partial charge on any atom is 0.340 e. The molecule has 0 saturated carbocycles. The third-order valence-electron chi connectivity index (χ3n) is 3.73. The van der Waals surface area contributed by atoms with E-state index in [4.69, 9.17) is 9.47 Å². The van der Waals surface area contributed by atoms with Gasteiger partial charge in [0.05, 0.1) is 31.6 Å². The van der Waals surface area contributed by atoms with Crippen molar-refractivity contribution in [2.75, 3.05) is 13.7 Å². The first kappa shape index (κ1) is 16.0. The van der Waals surface area contributed by atoms with Gasteiger partial charge in [0.1, 0.15) is 0 Å². The van der Waals surface area contributed by atoms with E-state index in [0.29, 0.717) is 23.7 Å². The van der Waals surface area contributed by atoms with Crippen LogP contribution in [0.3, 0.4) is 0 Å². The van der Waals surface area contributed by atoms with Gasteiger partial charge in [-0.2, -0.15) is 0 Å². The average Bonchev–Trinajstić information content (AvgIpc) is 3.00. The third-order valence-corrected chi connectivity index (χ3v) is 3.73. The number of carbonyl (C=O) groups is 1. The zero-order chi connectivity index (χ0) is 17.1. The molecule has 0 aliphatic rings. The van der Waals surface area contributed by atoms with Gasteiger partial charge in [-0.05, 0) is 36.8 Å². The smallest absolute Gasteiger partial charge is 0.340 e. The molecule has 3 heterocycles. The summed E-state index contributed by atoms with van der Waals surface area (Å²) in [6.45, 7) is 2.01. The van der Waals surface area contributed by atoms with Gasteiger partial charge in [0.25, 0.3) is 0 Å². The van der Waals surface area contributed by atoms with E-state index in [0.717, 1.165) is 16.6 Å². The van der Waals surface area contributed by atoms with Crippen molar-refractivity contribution in [2.45, 2.75) is 13.5 Å². The maximum atomic E-state index is 12.4. The van der Waals surface area contributed by atoms with E-state index in [9.17, 15) is 9.90 Å². The fourth-order valence-electron chi connectivity index (χ4n) is 2.62. The second-order valence-corrected chi connectivity index (χ2v) is 5.20. The number of fused-ring (bicyclic) bond motifs is 1. The number of carbonyl (C=O) groups excluding carboxylic acids is 1. The Kier molecular flexibility index (Phi) is 4.48. The van der Waals surface area contributed by atoms with Crippen molar-refractivity contribution in [1.29, 1.82) is 0 Å². The summed E-state index contributed by atoms with van der Waals surface area (Å²) in [5, 5.41) is 9.32. The Labute approximate surface area is 139 Å². The fourth-order valence-corrected chi connectivity index (χ4v) is 2.62. The van der Waals surface area contributed by atoms with Crippen LogP contribution in [0.15, 0.2) is 42.7 Å². The first-order valence-corrected chi connectivity index (χ1v) is 7.60. The summed E-state index contributed by atoms with van der Waals surface area (Å²) in [6, 6.07) is 8.99. The summed E-state index contributed by atoms with van der Waals surface area (Å²) in [4.78, 5) is 16.6. The normalized spacial score (nSPS) is 10.8. The minimum absolute atomic E-state index is 0.0597. The lowest BCUT2D eigenvalue weighted by atomic mass is 10.1. The van der Waals surface area contributed by atoms with Crippen molar-refractivity contribution < 1.29 is 19.4 Å². The predicted molar refractivity (Wildman–Crippen MR) is 89.1 cm³/mol. The number of esters is 1. The minimum Gasteiger partial charge on any atom is -0.481 e. The largest absolute Gasteiger partial charge is 0.481 e. The van der Waals surface area contributed by atoms with Crippen LogP contribution in [0.2, 0.25) is 0 Å². The van der Waals surface area contributed by atoms with Gasteiger partial charge >= 0.3 is 5.97 Å². The molecular weight excluding hydrogens is 308 g/mol. The monoisotopic (exact) mass is 326 g/mol. The molecule has 0 bridgehead atoms. The van der Waals surface area contributed by atoms with Crippen molar-refractivity contribution >= 4 is 11.5 Å². The molecule has 0 spiro atoms. The van der Waals surface area contributed by atoms with E-state index in [1.54, 1.807) is 32.4 Å². The van der Waals surface area contributed by atoms with Gasteiger partial charge in [0, 0.05) is 29.5 Å². The summed E-state index contributed by atoms with van der Waals surface area (Å²) in [5.41, 5.74) is 3.50. The number of hydrogen-bond donors (Lipinski definition) is 1. The first-order valence-electron chi connectivity index (χ1n) is 7.60. The maximum absolute atomic E-state index is 12.4. The summed E-state index contributed by atoms with van der Waals surface area (Å²) >= 11 is 0. The molecule has 6 nitrogen and oxygen atoms in total. The number of hydrogen-bond acceptors (Lipinski definition) is 5. The summed E-state index contributed by atoms with van der Waals surface area (Å²) < 4.78 is 12.1. The molecule has 0 radical (unpaired) electrons. The van der Waals surface area contributed by atoms with Crippen LogP contribution >= 0.6 is 0 Å². The highest BCUT2D eigenvalue weighted by molar-refractivity contribution is 5.99. The Morgan fingerprint density at radius 2 is 2.12 bits per heavy atom. The Balaban J connectivity index is 2.21. The second kappa shape index (κ2) is 6.72. The van der Waals surface area contributed by atoms with Crippen LogP contribution in [0, 0.1) is 0 Å². The van der Waals surface area contributed by atoms with Gasteiger partial charge in [0.2, 0.25) is 5.88 Å². The fraction of sp³-hybridized carbons (Fsp3) is 0.222. The van der Waals surface area contributed by atoms with Crippen molar-refractivity contribution in [3.8, 4) is 17.1 Å². The molecule has 0 atom stereocenters.